The van der Waals surface area contributed by atoms with E-state index in [1.165, 1.54) is 4.90 Å². The number of benzene rings is 1. The average Bonchev–Trinajstić information content (AvgIpc) is 3.09. The number of hydrogen-bond donors (Lipinski definition) is 3. The molecular weight excluding hydrogens is 332 g/mol. The second-order valence-corrected chi connectivity index (χ2v) is 6.56. The van der Waals surface area contributed by atoms with Gasteiger partial charge in [-0.2, -0.15) is 0 Å². The molecule has 7 nitrogen and oxygen atoms in total. The van der Waals surface area contributed by atoms with Crippen LogP contribution in [0.2, 0.25) is 0 Å². The molecule has 4 N–H and O–H groups in total. The van der Waals surface area contributed by atoms with Gasteiger partial charge in [-0.15, -0.1) is 0 Å². The maximum Gasteiger partial charge on any atom is 0.251 e. The monoisotopic (exact) mass is 360 g/mol. The predicted octanol–water partition coefficient (Wildman–Crippen LogP) is 0.649. The Morgan fingerprint density at radius 2 is 1.85 bits per heavy atom. The molecule has 2 rings (SSSR count). The first-order chi connectivity index (χ1) is 12.5. The summed E-state index contributed by atoms with van der Waals surface area (Å²) in [6.45, 7) is 4.15. The minimum absolute atomic E-state index is 0.0790. The number of amides is 3. The van der Waals surface area contributed by atoms with Gasteiger partial charge in [0.15, 0.2) is 0 Å². The average molecular weight is 360 g/mol. The van der Waals surface area contributed by atoms with Crippen LogP contribution in [-0.2, 0) is 9.59 Å². The Kier molecular flexibility index (Phi) is 7.15. The molecule has 7 heteroatoms. The molecule has 0 aromatic heterocycles. The van der Waals surface area contributed by atoms with Crippen LogP contribution in [0.4, 0.5) is 0 Å². The van der Waals surface area contributed by atoms with Crippen LogP contribution in [0.1, 0.15) is 43.5 Å². The molecule has 142 valence electrons. The number of hydrogen-bond acceptors (Lipinski definition) is 4. The highest BCUT2D eigenvalue weighted by Crippen LogP contribution is 2.19. The molecule has 0 radical (unpaired) electrons. The molecule has 1 aliphatic heterocycles. The van der Waals surface area contributed by atoms with Crippen LogP contribution in [0, 0.1) is 0 Å². The van der Waals surface area contributed by atoms with Crippen molar-refractivity contribution in [2.45, 2.75) is 51.2 Å². The van der Waals surface area contributed by atoms with Crippen LogP contribution in [0.5, 0.6) is 0 Å². The summed E-state index contributed by atoms with van der Waals surface area (Å²) in [6.07, 6.45) is 2.04. The number of nitrogens with two attached hydrogens (primary N) is 1. The van der Waals surface area contributed by atoms with E-state index in [1.54, 1.807) is 24.3 Å². The lowest BCUT2D eigenvalue weighted by Gasteiger charge is -2.25. The van der Waals surface area contributed by atoms with Crippen LogP contribution < -0.4 is 16.4 Å². The van der Waals surface area contributed by atoms with E-state index in [-0.39, 0.29) is 42.9 Å². The minimum atomic E-state index is -0.604. The first kappa shape index (κ1) is 19.9. The molecule has 0 aliphatic carbocycles. The Morgan fingerprint density at radius 3 is 2.42 bits per heavy atom. The first-order valence-corrected chi connectivity index (χ1v) is 9.15. The number of carbonyl (C=O) groups is 3. The lowest BCUT2D eigenvalue weighted by atomic mass is 10.1. The molecule has 0 saturated carbocycles. The van der Waals surface area contributed by atoms with E-state index in [0.717, 1.165) is 12.8 Å². The van der Waals surface area contributed by atoms with E-state index in [9.17, 15) is 14.4 Å². The van der Waals surface area contributed by atoms with Crippen molar-refractivity contribution in [1.82, 2.24) is 15.5 Å². The highest BCUT2D eigenvalue weighted by molar-refractivity contribution is 5.95. The molecular formula is C19H28N4O3. The molecule has 1 aliphatic rings. The summed E-state index contributed by atoms with van der Waals surface area (Å²) in [5.74, 6) is -0.681. The van der Waals surface area contributed by atoms with Crippen molar-refractivity contribution in [2.75, 3.05) is 13.1 Å². The number of nitrogens with zero attached hydrogens (tertiary/aromatic N) is 1. The fourth-order valence-corrected chi connectivity index (χ4v) is 3.23. The van der Waals surface area contributed by atoms with Crippen molar-refractivity contribution in [3.8, 4) is 0 Å². The summed E-state index contributed by atoms with van der Waals surface area (Å²) in [7, 11) is 0. The third-order valence-corrected chi connectivity index (χ3v) is 4.80. The summed E-state index contributed by atoms with van der Waals surface area (Å²) >= 11 is 0. The summed E-state index contributed by atoms with van der Waals surface area (Å²) in [5, 5.41) is 5.90. The van der Waals surface area contributed by atoms with Crippen LogP contribution in [0.3, 0.4) is 0 Å². The summed E-state index contributed by atoms with van der Waals surface area (Å²) < 4.78 is 0. The smallest absolute Gasteiger partial charge is 0.251 e. The van der Waals surface area contributed by atoms with Gasteiger partial charge in [0.25, 0.3) is 5.91 Å². The van der Waals surface area contributed by atoms with Crippen molar-refractivity contribution in [3.63, 3.8) is 0 Å². The van der Waals surface area contributed by atoms with Crippen LogP contribution in [0.25, 0.3) is 0 Å². The van der Waals surface area contributed by atoms with Crippen LogP contribution in [-0.4, -0.2) is 53.8 Å². The van der Waals surface area contributed by atoms with Crippen molar-refractivity contribution >= 4 is 17.7 Å². The Bertz CT molecular complexity index is 631. The molecule has 1 saturated heterocycles. The molecule has 0 unspecified atom stereocenters. The molecule has 1 fully saturated rings. The van der Waals surface area contributed by atoms with Gasteiger partial charge in [0, 0.05) is 24.2 Å². The van der Waals surface area contributed by atoms with Gasteiger partial charge in [0.2, 0.25) is 11.8 Å². The van der Waals surface area contributed by atoms with E-state index < -0.39 is 6.04 Å². The van der Waals surface area contributed by atoms with Crippen molar-refractivity contribution < 1.29 is 14.4 Å². The molecule has 1 heterocycles. The largest absolute Gasteiger partial charge is 0.352 e. The zero-order valence-electron chi connectivity index (χ0n) is 15.4. The number of rotatable bonds is 7. The van der Waals surface area contributed by atoms with Gasteiger partial charge in [-0.25, -0.2) is 0 Å². The molecule has 0 bridgehead atoms. The van der Waals surface area contributed by atoms with Gasteiger partial charge in [-0.1, -0.05) is 32.0 Å². The molecule has 26 heavy (non-hydrogen) atoms. The quantitative estimate of drug-likeness (QED) is 0.664. The minimum Gasteiger partial charge on any atom is -0.352 e. The van der Waals surface area contributed by atoms with Crippen molar-refractivity contribution in [2.24, 2.45) is 5.73 Å². The van der Waals surface area contributed by atoms with Gasteiger partial charge >= 0.3 is 0 Å². The van der Waals surface area contributed by atoms with E-state index in [0.29, 0.717) is 12.0 Å². The second kappa shape index (κ2) is 9.33. The fraction of sp³-hybridized carbons (Fsp3) is 0.526. The Balaban J connectivity index is 2.06. The Labute approximate surface area is 154 Å². The lowest BCUT2D eigenvalue weighted by molar-refractivity contribution is -0.137. The Morgan fingerprint density at radius 1 is 1.19 bits per heavy atom. The topological polar surface area (TPSA) is 105 Å². The molecule has 0 spiro atoms. The third-order valence-electron chi connectivity index (χ3n) is 4.80. The molecule has 1 aromatic rings. The fourth-order valence-electron chi connectivity index (χ4n) is 3.23. The highest BCUT2D eigenvalue weighted by atomic mass is 16.2. The zero-order valence-corrected chi connectivity index (χ0v) is 15.4. The summed E-state index contributed by atoms with van der Waals surface area (Å²) in [6, 6.07) is 8.07. The highest BCUT2D eigenvalue weighted by Gasteiger charge is 2.40. The van der Waals surface area contributed by atoms with Crippen molar-refractivity contribution in [1.29, 1.82) is 0 Å². The lowest BCUT2D eigenvalue weighted by Crippen LogP contribution is -2.50. The number of likely N-dealkylation sites (tertiary alicyclic amines) is 1. The molecule has 1 aromatic carbocycles. The van der Waals surface area contributed by atoms with Gasteiger partial charge in [0.05, 0.1) is 6.54 Å². The van der Waals surface area contributed by atoms with Crippen LogP contribution in [0.15, 0.2) is 30.3 Å². The van der Waals surface area contributed by atoms with Gasteiger partial charge in [0.1, 0.15) is 6.04 Å². The molecule has 3 amide bonds. The van der Waals surface area contributed by atoms with E-state index in [4.69, 9.17) is 5.73 Å². The van der Waals surface area contributed by atoms with E-state index in [2.05, 4.69) is 10.6 Å². The third kappa shape index (κ3) is 4.82. The summed E-state index contributed by atoms with van der Waals surface area (Å²) in [5.41, 5.74) is 6.05. The van der Waals surface area contributed by atoms with Crippen molar-refractivity contribution in [3.05, 3.63) is 35.9 Å². The first-order valence-electron chi connectivity index (χ1n) is 9.15. The van der Waals surface area contributed by atoms with E-state index >= 15 is 0 Å². The second-order valence-electron chi connectivity index (χ2n) is 6.56. The van der Waals surface area contributed by atoms with Gasteiger partial charge < -0.3 is 21.3 Å². The maximum atomic E-state index is 12.6. The maximum absolute atomic E-state index is 12.6. The SMILES string of the molecule is CCC(CC)NC(=O)[C@@H]1C[C@@H](NC(=O)c2ccccc2)CN1C(=O)CN. The van der Waals surface area contributed by atoms with Crippen LogP contribution >= 0.6 is 0 Å². The summed E-state index contributed by atoms with van der Waals surface area (Å²) in [4.78, 5) is 38.6. The number of carbonyl (C=O) groups excluding carboxylic acids is 3. The normalized spacial score (nSPS) is 19.5. The standard InChI is InChI=1S/C19H28N4O3/c1-3-14(4-2)21-19(26)16-10-15(12-23(16)17(24)11-20)22-18(25)13-8-6-5-7-9-13/h5-9,14-16H,3-4,10-12,20H2,1-2H3,(H,21,26)(H,22,25)/t15-,16+/m1/s1. The van der Waals surface area contributed by atoms with Gasteiger partial charge in [-0.05, 0) is 31.4 Å². The molecule has 2 atom stereocenters. The zero-order chi connectivity index (χ0) is 19.1. The van der Waals surface area contributed by atoms with Gasteiger partial charge in [-0.3, -0.25) is 14.4 Å². The van der Waals surface area contributed by atoms with E-state index in [1.807, 2.05) is 19.9 Å². The number of nitrogens with one attached hydrogen (secondary N) is 2. The Hall–Kier alpha value is -2.41. The predicted molar refractivity (Wildman–Crippen MR) is 99.4 cm³/mol.